The van der Waals surface area contributed by atoms with E-state index >= 15 is 0 Å². The number of pyridine rings is 1. The van der Waals surface area contributed by atoms with Crippen molar-refractivity contribution in [2.45, 2.75) is 20.3 Å². The van der Waals surface area contributed by atoms with Crippen molar-refractivity contribution < 1.29 is 9.90 Å². The van der Waals surface area contributed by atoms with Crippen molar-refractivity contribution in [1.29, 1.82) is 0 Å². The fraction of sp³-hybridized carbons (Fsp3) is 0.455. The van der Waals surface area contributed by atoms with Gasteiger partial charge in [-0.1, -0.05) is 19.9 Å². The Morgan fingerprint density at radius 3 is 2.80 bits per heavy atom. The van der Waals surface area contributed by atoms with Gasteiger partial charge in [-0.3, -0.25) is 4.79 Å². The Morgan fingerprint density at radius 2 is 2.27 bits per heavy atom. The molecule has 0 aliphatic rings. The molecule has 1 rings (SSSR count). The second-order valence-electron chi connectivity index (χ2n) is 4.30. The molecule has 0 saturated heterocycles. The number of carbonyl (C=O) groups is 1. The molecule has 4 heteroatoms. The average Bonchev–Trinajstić information content (AvgIpc) is 2.15. The molecule has 82 valence electrons. The first-order valence-corrected chi connectivity index (χ1v) is 4.86. The topological polar surface area (TPSA) is 62.2 Å². The van der Waals surface area contributed by atoms with Crippen molar-refractivity contribution in [2.75, 3.05) is 11.9 Å². The van der Waals surface area contributed by atoms with Gasteiger partial charge in [0.05, 0.1) is 6.42 Å². The summed E-state index contributed by atoms with van der Waals surface area (Å²) in [5.41, 5.74) is -0.274. The van der Waals surface area contributed by atoms with Gasteiger partial charge in [-0.2, -0.15) is 0 Å². The van der Waals surface area contributed by atoms with Gasteiger partial charge in [-0.15, -0.1) is 0 Å². The SMILES string of the molecule is CC(C)(CNc1ccccn1)CC(=O)O. The molecule has 0 aliphatic heterocycles. The lowest BCUT2D eigenvalue weighted by molar-refractivity contribution is -0.139. The van der Waals surface area contributed by atoms with Gasteiger partial charge in [0.15, 0.2) is 0 Å². The van der Waals surface area contributed by atoms with Crippen molar-refractivity contribution in [3.8, 4) is 0 Å². The van der Waals surface area contributed by atoms with Crippen molar-refractivity contribution in [3.05, 3.63) is 24.4 Å². The summed E-state index contributed by atoms with van der Waals surface area (Å²) in [6.07, 6.45) is 1.85. The van der Waals surface area contributed by atoms with Crippen LogP contribution in [0.5, 0.6) is 0 Å². The fourth-order valence-corrected chi connectivity index (χ4v) is 1.27. The zero-order valence-corrected chi connectivity index (χ0v) is 9.03. The van der Waals surface area contributed by atoms with E-state index in [1.54, 1.807) is 6.20 Å². The molecule has 15 heavy (non-hydrogen) atoms. The summed E-state index contributed by atoms with van der Waals surface area (Å²) in [5, 5.41) is 11.8. The van der Waals surface area contributed by atoms with Gasteiger partial charge in [0.1, 0.15) is 5.82 Å². The van der Waals surface area contributed by atoms with E-state index in [4.69, 9.17) is 5.11 Å². The van der Waals surface area contributed by atoms with Crippen LogP contribution in [-0.2, 0) is 4.79 Å². The zero-order valence-electron chi connectivity index (χ0n) is 9.03. The normalized spacial score (nSPS) is 11.1. The number of anilines is 1. The smallest absolute Gasteiger partial charge is 0.303 e. The number of nitrogens with zero attached hydrogens (tertiary/aromatic N) is 1. The number of carboxylic acids is 1. The van der Waals surface area contributed by atoms with E-state index < -0.39 is 5.97 Å². The van der Waals surface area contributed by atoms with Crippen LogP contribution in [0, 0.1) is 5.41 Å². The first-order chi connectivity index (χ1) is 6.99. The molecule has 1 heterocycles. The highest BCUT2D eigenvalue weighted by atomic mass is 16.4. The summed E-state index contributed by atoms with van der Waals surface area (Å²) < 4.78 is 0. The van der Waals surface area contributed by atoms with Crippen LogP contribution < -0.4 is 5.32 Å². The standard InChI is InChI=1S/C11H16N2O2/c1-11(2,7-10(14)15)8-13-9-5-3-4-6-12-9/h3-6H,7-8H2,1-2H3,(H,12,13)(H,14,15). The molecule has 0 saturated carbocycles. The number of hydrogen-bond donors (Lipinski definition) is 2. The largest absolute Gasteiger partial charge is 0.481 e. The van der Waals surface area contributed by atoms with E-state index in [-0.39, 0.29) is 11.8 Å². The van der Waals surface area contributed by atoms with Crippen LogP contribution in [0.25, 0.3) is 0 Å². The van der Waals surface area contributed by atoms with Gasteiger partial charge >= 0.3 is 5.97 Å². The van der Waals surface area contributed by atoms with E-state index in [1.165, 1.54) is 0 Å². The molecule has 0 aromatic carbocycles. The van der Waals surface area contributed by atoms with Crippen molar-refractivity contribution in [2.24, 2.45) is 5.41 Å². The zero-order chi connectivity index (χ0) is 11.3. The highest BCUT2D eigenvalue weighted by Gasteiger charge is 2.21. The van der Waals surface area contributed by atoms with Crippen LogP contribution in [0.1, 0.15) is 20.3 Å². The third-order valence-corrected chi connectivity index (χ3v) is 2.04. The van der Waals surface area contributed by atoms with E-state index in [0.29, 0.717) is 6.54 Å². The summed E-state index contributed by atoms with van der Waals surface area (Å²) in [7, 11) is 0. The lowest BCUT2D eigenvalue weighted by atomic mass is 9.89. The van der Waals surface area contributed by atoms with E-state index in [2.05, 4.69) is 10.3 Å². The third kappa shape index (κ3) is 4.44. The molecule has 0 spiro atoms. The molecule has 0 unspecified atom stereocenters. The fourth-order valence-electron chi connectivity index (χ4n) is 1.27. The predicted octanol–water partition coefficient (Wildman–Crippen LogP) is 1.99. The number of rotatable bonds is 5. The summed E-state index contributed by atoms with van der Waals surface area (Å²) in [4.78, 5) is 14.7. The van der Waals surface area contributed by atoms with Crippen LogP contribution >= 0.6 is 0 Å². The Bertz CT molecular complexity index is 323. The van der Waals surface area contributed by atoms with Crippen LogP contribution in [0.3, 0.4) is 0 Å². The number of carboxylic acid groups (broad SMARTS) is 1. The molecular formula is C11H16N2O2. The van der Waals surface area contributed by atoms with Gasteiger partial charge in [-0.25, -0.2) is 4.98 Å². The maximum Gasteiger partial charge on any atom is 0.303 e. The van der Waals surface area contributed by atoms with Gasteiger partial charge in [-0.05, 0) is 17.5 Å². The first kappa shape index (κ1) is 11.5. The summed E-state index contributed by atoms with van der Waals surface area (Å²) in [5.74, 6) is -0.00113. The third-order valence-electron chi connectivity index (χ3n) is 2.04. The maximum atomic E-state index is 10.6. The monoisotopic (exact) mass is 208 g/mol. The molecule has 1 aromatic rings. The van der Waals surface area contributed by atoms with Gasteiger partial charge < -0.3 is 10.4 Å². The Hall–Kier alpha value is -1.58. The average molecular weight is 208 g/mol. The highest BCUT2D eigenvalue weighted by Crippen LogP contribution is 2.20. The van der Waals surface area contributed by atoms with E-state index in [0.717, 1.165) is 5.82 Å². The number of aromatic nitrogens is 1. The lowest BCUT2D eigenvalue weighted by Gasteiger charge is -2.22. The number of nitrogens with one attached hydrogen (secondary N) is 1. The van der Waals surface area contributed by atoms with Crippen molar-refractivity contribution in [1.82, 2.24) is 4.98 Å². The highest BCUT2D eigenvalue weighted by molar-refractivity contribution is 5.67. The molecule has 0 amide bonds. The minimum atomic E-state index is -0.775. The van der Waals surface area contributed by atoms with Crippen molar-refractivity contribution >= 4 is 11.8 Å². The van der Waals surface area contributed by atoms with Gasteiger partial charge in [0.25, 0.3) is 0 Å². The molecule has 0 bridgehead atoms. The summed E-state index contributed by atoms with van der Waals surface area (Å²) >= 11 is 0. The van der Waals surface area contributed by atoms with Crippen LogP contribution in [0.4, 0.5) is 5.82 Å². The molecule has 0 atom stereocenters. The first-order valence-electron chi connectivity index (χ1n) is 4.86. The Labute approximate surface area is 89.3 Å². The molecule has 4 nitrogen and oxygen atoms in total. The Kier molecular flexibility index (Phi) is 3.66. The molecule has 0 fully saturated rings. The second kappa shape index (κ2) is 4.77. The number of hydrogen-bond acceptors (Lipinski definition) is 3. The van der Waals surface area contributed by atoms with Gasteiger partial charge in [0.2, 0.25) is 0 Å². The van der Waals surface area contributed by atoms with E-state index in [1.807, 2.05) is 32.0 Å². The second-order valence-corrected chi connectivity index (χ2v) is 4.30. The molecule has 0 aliphatic carbocycles. The quantitative estimate of drug-likeness (QED) is 0.776. The molecule has 2 N–H and O–H groups in total. The molecular weight excluding hydrogens is 192 g/mol. The predicted molar refractivity (Wildman–Crippen MR) is 58.8 cm³/mol. The Morgan fingerprint density at radius 1 is 1.53 bits per heavy atom. The maximum absolute atomic E-state index is 10.6. The molecule has 0 radical (unpaired) electrons. The summed E-state index contributed by atoms with van der Waals surface area (Å²) in [6, 6.07) is 5.59. The van der Waals surface area contributed by atoms with Crippen molar-refractivity contribution in [3.63, 3.8) is 0 Å². The Balaban J connectivity index is 2.46. The van der Waals surface area contributed by atoms with Crippen LogP contribution in [0.15, 0.2) is 24.4 Å². The van der Waals surface area contributed by atoms with Gasteiger partial charge in [0, 0.05) is 12.7 Å². The minimum absolute atomic E-state index is 0.146. The van der Waals surface area contributed by atoms with E-state index in [9.17, 15) is 4.79 Å². The van der Waals surface area contributed by atoms with Crippen LogP contribution in [0.2, 0.25) is 0 Å². The lowest BCUT2D eigenvalue weighted by Crippen LogP contribution is -2.26. The molecule has 1 aromatic heterocycles. The summed E-state index contributed by atoms with van der Waals surface area (Å²) in [6.45, 7) is 4.42. The number of aliphatic carboxylic acids is 1. The van der Waals surface area contributed by atoms with Crippen LogP contribution in [-0.4, -0.2) is 22.6 Å². The minimum Gasteiger partial charge on any atom is -0.481 e.